The summed E-state index contributed by atoms with van der Waals surface area (Å²) in [5, 5.41) is 9.41. The van der Waals surface area contributed by atoms with Crippen molar-refractivity contribution in [1.29, 1.82) is 5.26 Å². The maximum absolute atomic E-state index is 12.8. The molecule has 1 saturated carbocycles. The van der Waals surface area contributed by atoms with Crippen LogP contribution in [0.4, 0.5) is 0 Å². The van der Waals surface area contributed by atoms with Crippen LogP contribution in [0.2, 0.25) is 0 Å². The molecule has 132 valence electrons. The van der Waals surface area contributed by atoms with Crippen molar-refractivity contribution in [3.8, 4) is 11.8 Å². The minimum absolute atomic E-state index is 0.0119. The number of nitrogens with zero attached hydrogens (tertiary/aromatic N) is 3. The van der Waals surface area contributed by atoms with Gasteiger partial charge in [0.25, 0.3) is 0 Å². The lowest BCUT2D eigenvalue weighted by atomic mass is 9.76. The fourth-order valence-corrected chi connectivity index (χ4v) is 3.56. The summed E-state index contributed by atoms with van der Waals surface area (Å²) in [4.78, 5) is 28.4. The molecule has 0 bridgehead atoms. The van der Waals surface area contributed by atoms with Crippen LogP contribution in [0.15, 0.2) is 24.3 Å². The maximum Gasteiger partial charge on any atom is 0.229 e. The smallest absolute Gasteiger partial charge is 0.229 e. The van der Waals surface area contributed by atoms with Crippen molar-refractivity contribution < 1.29 is 14.3 Å². The molecule has 2 aliphatic rings. The van der Waals surface area contributed by atoms with Crippen molar-refractivity contribution in [2.45, 2.75) is 37.8 Å². The predicted octanol–water partition coefficient (Wildman–Crippen LogP) is 1.95. The topological polar surface area (TPSA) is 73.6 Å². The summed E-state index contributed by atoms with van der Waals surface area (Å²) < 4.78 is 5.14. The van der Waals surface area contributed by atoms with E-state index in [9.17, 15) is 14.9 Å². The number of amides is 2. The quantitative estimate of drug-likeness (QED) is 0.820. The standard InChI is InChI=1S/C19H23N3O3/c1-21(19(13-20)8-3-9-19)18(24)15-10-17(23)22(12-15)11-14-4-6-16(25-2)7-5-14/h4-7,15H,3,8-12H2,1-2H3/t15-/m1/s1. The van der Waals surface area contributed by atoms with Crippen LogP contribution < -0.4 is 4.74 Å². The minimum Gasteiger partial charge on any atom is -0.497 e. The van der Waals surface area contributed by atoms with Crippen molar-refractivity contribution in [3.63, 3.8) is 0 Å². The Hall–Kier alpha value is -2.55. The summed E-state index contributed by atoms with van der Waals surface area (Å²) in [6.45, 7) is 0.898. The number of benzene rings is 1. The zero-order valence-corrected chi connectivity index (χ0v) is 14.7. The molecular formula is C19H23N3O3. The summed E-state index contributed by atoms with van der Waals surface area (Å²) in [6.07, 6.45) is 2.64. The highest BCUT2D eigenvalue weighted by Gasteiger charge is 2.46. The summed E-state index contributed by atoms with van der Waals surface area (Å²) in [6, 6.07) is 9.85. The van der Waals surface area contributed by atoms with E-state index in [-0.39, 0.29) is 24.2 Å². The molecule has 1 atom stereocenters. The van der Waals surface area contributed by atoms with Crippen LogP contribution in [0.25, 0.3) is 0 Å². The van der Waals surface area contributed by atoms with E-state index in [2.05, 4.69) is 6.07 Å². The van der Waals surface area contributed by atoms with Crippen molar-refractivity contribution in [1.82, 2.24) is 9.80 Å². The molecule has 6 nitrogen and oxygen atoms in total. The van der Waals surface area contributed by atoms with Crippen molar-refractivity contribution in [2.75, 3.05) is 20.7 Å². The second-order valence-electron chi connectivity index (χ2n) is 6.92. The van der Waals surface area contributed by atoms with Crippen LogP contribution in [0.1, 0.15) is 31.2 Å². The van der Waals surface area contributed by atoms with E-state index in [0.717, 1.165) is 30.6 Å². The Morgan fingerprint density at radius 3 is 2.60 bits per heavy atom. The molecule has 1 aliphatic heterocycles. The number of carbonyl (C=O) groups excluding carboxylic acids is 2. The van der Waals surface area contributed by atoms with Crippen LogP contribution in [-0.4, -0.2) is 47.9 Å². The third kappa shape index (κ3) is 3.19. The van der Waals surface area contributed by atoms with Gasteiger partial charge < -0.3 is 14.5 Å². The lowest BCUT2D eigenvalue weighted by Gasteiger charge is -2.43. The summed E-state index contributed by atoms with van der Waals surface area (Å²) in [5.41, 5.74) is 0.340. The van der Waals surface area contributed by atoms with Crippen molar-refractivity contribution in [2.24, 2.45) is 5.92 Å². The average molecular weight is 341 g/mol. The SMILES string of the molecule is COc1ccc(CN2C[C@H](C(=O)N(C)C3(C#N)CCC3)CC2=O)cc1. The van der Waals surface area contributed by atoms with Crippen LogP contribution in [0.5, 0.6) is 5.75 Å². The molecule has 0 radical (unpaired) electrons. The fourth-order valence-electron chi connectivity index (χ4n) is 3.56. The molecule has 0 unspecified atom stereocenters. The van der Waals surface area contributed by atoms with E-state index in [1.807, 2.05) is 24.3 Å². The largest absolute Gasteiger partial charge is 0.497 e. The highest BCUT2D eigenvalue weighted by Crippen LogP contribution is 2.37. The molecule has 0 spiro atoms. The molecule has 3 rings (SSSR count). The van der Waals surface area contributed by atoms with Crippen LogP contribution >= 0.6 is 0 Å². The molecule has 1 heterocycles. The fraction of sp³-hybridized carbons (Fsp3) is 0.526. The van der Waals surface area contributed by atoms with Gasteiger partial charge in [-0.2, -0.15) is 5.26 Å². The normalized spacial score (nSPS) is 21.4. The predicted molar refractivity (Wildman–Crippen MR) is 91.5 cm³/mol. The molecule has 1 aromatic rings. The molecule has 25 heavy (non-hydrogen) atoms. The number of carbonyl (C=O) groups is 2. The number of likely N-dealkylation sites (tertiary alicyclic amines) is 1. The average Bonchev–Trinajstić information content (AvgIpc) is 2.95. The Morgan fingerprint density at radius 2 is 2.08 bits per heavy atom. The molecular weight excluding hydrogens is 318 g/mol. The Balaban J connectivity index is 1.63. The Morgan fingerprint density at radius 1 is 1.40 bits per heavy atom. The first-order valence-corrected chi connectivity index (χ1v) is 8.59. The van der Waals surface area contributed by atoms with E-state index in [4.69, 9.17) is 4.74 Å². The third-order valence-electron chi connectivity index (χ3n) is 5.46. The zero-order valence-electron chi connectivity index (χ0n) is 14.7. The Bertz CT molecular complexity index is 704. The van der Waals surface area contributed by atoms with Crippen LogP contribution in [0.3, 0.4) is 0 Å². The lowest BCUT2D eigenvalue weighted by Crippen LogP contribution is -2.55. The number of hydrogen-bond acceptors (Lipinski definition) is 4. The van der Waals surface area contributed by atoms with Crippen LogP contribution in [0, 0.1) is 17.2 Å². The van der Waals surface area contributed by atoms with Gasteiger partial charge in [0.2, 0.25) is 11.8 Å². The van der Waals surface area contributed by atoms with Crippen molar-refractivity contribution in [3.05, 3.63) is 29.8 Å². The first-order valence-electron chi connectivity index (χ1n) is 8.59. The van der Waals surface area contributed by atoms with Gasteiger partial charge in [0.15, 0.2) is 0 Å². The monoisotopic (exact) mass is 341 g/mol. The van der Waals surface area contributed by atoms with Gasteiger partial charge in [-0.15, -0.1) is 0 Å². The van der Waals surface area contributed by atoms with Crippen molar-refractivity contribution >= 4 is 11.8 Å². The van der Waals surface area contributed by atoms with Gasteiger partial charge in [-0.25, -0.2) is 0 Å². The highest BCUT2D eigenvalue weighted by atomic mass is 16.5. The molecule has 1 aliphatic carbocycles. The minimum atomic E-state index is -0.663. The molecule has 1 saturated heterocycles. The summed E-state index contributed by atoms with van der Waals surface area (Å²) in [7, 11) is 3.31. The lowest BCUT2D eigenvalue weighted by molar-refractivity contribution is -0.140. The molecule has 6 heteroatoms. The number of rotatable bonds is 5. The Labute approximate surface area is 148 Å². The van der Waals surface area contributed by atoms with Gasteiger partial charge in [0.1, 0.15) is 11.3 Å². The van der Waals surface area contributed by atoms with Gasteiger partial charge >= 0.3 is 0 Å². The van der Waals surface area contributed by atoms with Gasteiger partial charge in [-0.3, -0.25) is 9.59 Å². The van der Waals surface area contributed by atoms with Gasteiger partial charge in [0.05, 0.1) is 19.1 Å². The summed E-state index contributed by atoms with van der Waals surface area (Å²) in [5.74, 6) is 0.309. The molecule has 0 N–H and O–H groups in total. The van der Waals surface area contributed by atoms with Gasteiger partial charge in [-0.05, 0) is 37.0 Å². The molecule has 2 fully saturated rings. The van der Waals surface area contributed by atoms with E-state index >= 15 is 0 Å². The molecule has 2 amide bonds. The van der Waals surface area contributed by atoms with E-state index in [1.54, 1.807) is 24.0 Å². The first-order chi connectivity index (χ1) is 12.0. The van der Waals surface area contributed by atoms with Gasteiger partial charge in [0, 0.05) is 26.6 Å². The summed E-state index contributed by atoms with van der Waals surface area (Å²) >= 11 is 0. The number of ether oxygens (including phenoxy) is 1. The number of hydrogen-bond donors (Lipinski definition) is 0. The maximum atomic E-state index is 12.8. The molecule has 1 aromatic carbocycles. The van der Waals surface area contributed by atoms with E-state index in [0.29, 0.717) is 13.1 Å². The van der Waals surface area contributed by atoms with E-state index in [1.165, 1.54) is 0 Å². The van der Waals surface area contributed by atoms with E-state index < -0.39 is 5.54 Å². The Kier molecular flexibility index (Phi) is 4.67. The highest BCUT2D eigenvalue weighted by molar-refractivity contribution is 5.89. The van der Waals surface area contributed by atoms with Crippen LogP contribution in [-0.2, 0) is 16.1 Å². The zero-order chi connectivity index (χ0) is 18.0. The first kappa shape index (κ1) is 17.3. The number of methoxy groups -OCH3 is 1. The second-order valence-corrected chi connectivity index (χ2v) is 6.92. The van der Waals surface area contributed by atoms with Gasteiger partial charge in [-0.1, -0.05) is 12.1 Å². The molecule has 0 aromatic heterocycles. The number of nitriles is 1. The second kappa shape index (κ2) is 6.75. The third-order valence-corrected chi connectivity index (χ3v) is 5.46.